The first kappa shape index (κ1) is 15.3. The highest BCUT2D eigenvalue weighted by molar-refractivity contribution is 7.93. The van der Waals surface area contributed by atoms with E-state index in [1.165, 1.54) is 23.5 Å². The lowest BCUT2D eigenvalue weighted by molar-refractivity contribution is -0.123. The van der Waals surface area contributed by atoms with E-state index < -0.39 is 21.9 Å². The molecule has 0 unspecified atom stereocenters. The van der Waals surface area contributed by atoms with Crippen LogP contribution in [0.4, 0.5) is 5.69 Å². The first-order valence-electron chi connectivity index (χ1n) is 6.42. The molecule has 0 radical (unpaired) electrons. The molecular formula is C13H16N2O5S. The molecule has 0 bridgehead atoms. The van der Waals surface area contributed by atoms with E-state index in [-0.39, 0.29) is 17.9 Å². The monoisotopic (exact) mass is 312 g/mol. The van der Waals surface area contributed by atoms with Crippen LogP contribution in [0, 0.1) is 0 Å². The summed E-state index contributed by atoms with van der Waals surface area (Å²) in [5.41, 5.74) is 0.639. The molecule has 1 aromatic rings. The van der Waals surface area contributed by atoms with Crippen LogP contribution in [0.2, 0.25) is 0 Å². The van der Waals surface area contributed by atoms with E-state index in [0.29, 0.717) is 18.7 Å². The Labute approximate surface area is 122 Å². The van der Waals surface area contributed by atoms with Crippen LogP contribution >= 0.6 is 0 Å². The summed E-state index contributed by atoms with van der Waals surface area (Å²) in [4.78, 5) is 22.9. The van der Waals surface area contributed by atoms with Gasteiger partial charge in [-0.05, 0) is 24.6 Å². The molecule has 114 valence electrons. The molecule has 1 aromatic carbocycles. The number of amides is 1. The number of sulfonamides is 1. The van der Waals surface area contributed by atoms with Crippen molar-refractivity contribution in [2.45, 2.75) is 6.42 Å². The van der Waals surface area contributed by atoms with Gasteiger partial charge in [0.2, 0.25) is 10.0 Å². The van der Waals surface area contributed by atoms with Crippen molar-refractivity contribution in [3.63, 3.8) is 0 Å². The summed E-state index contributed by atoms with van der Waals surface area (Å²) >= 11 is 0. The average molecular weight is 312 g/mol. The molecule has 1 aliphatic rings. The van der Waals surface area contributed by atoms with E-state index in [9.17, 15) is 18.0 Å². The number of likely N-dealkylation sites (N-methyl/N-ethyl adjacent to an activating group) is 1. The van der Waals surface area contributed by atoms with Crippen LogP contribution in [0.1, 0.15) is 16.8 Å². The molecule has 0 aliphatic carbocycles. The lowest BCUT2D eigenvalue weighted by atomic mass is 10.2. The molecule has 2 rings (SSSR count). The number of hydrogen-bond donors (Lipinski definition) is 1. The van der Waals surface area contributed by atoms with Crippen molar-refractivity contribution in [2.75, 3.05) is 30.3 Å². The van der Waals surface area contributed by atoms with Gasteiger partial charge in [-0.3, -0.25) is 9.10 Å². The molecule has 0 saturated carbocycles. The Bertz CT molecular complexity index is 656. The molecule has 7 nitrogen and oxygen atoms in total. The quantitative estimate of drug-likeness (QED) is 0.798. The number of carbonyl (C=O) groups excluding carboxylic acids is 2. The summed E-state index contributed by atoms with van der Waals surface area (Å²) in [6, 6.07) is 6.17. The van der Waals surface area contributed by atoms with E-state index in [1.807, 2.05) is 0 Å². The fourth-order valence-electron chi connectivity index (χ4n) is 2.00. The van der Waals surface area contributed by atoms with Gasteiger partial charge in [-0.1, -0.05) is 6.07 Å². The Morgan fingerprint density at radius 3 is 2.76 bits per heavy atom. The molecule has 1 saturated heterocycles. The van der Waals surface area contributed by atoms with Crippen LogP contribution in [-0.4, -0.2) is 46.2 Å². The largest absolute Gasteiger partial charge is 0.452 e. The van der Waals surface area contributed by atoms with Gasteiger partial charge in [0.15, 0.2) is 6.61 Å². The predicted molar refractivity (Wildman–Crippen MR) is 76.5 cm³/mol. The van der Waals surface area contributed by atoms with Crippen molar-refractivity contribution in [1.82, 2.24) is 5.32 Å². The topological polar surface area (TPSA) is 92.8 Å². The van der Waals surface area contributed by atoms with Crippen LogP contribution in [0.5, 0.6) is 0 Å². The number of nitrogens with one attached hydrogen (secondary N) is 1. The molecule has 0 aromatic heterocycles. The summed E-state index contributed by atoms with van der Waals surface area (Å²) in [7, 11) is -1.86. The Balaban J connectivity index is 2.14. The van der Waals surface area contributed by atoms with Crippen LogP contribution < -0.4 is 9.62 Å². The molecular weight excluding hydrogens is 296 g/mol. The molecule has 1 N–H and O–H groups in total. The van der Waals surface area contributed by atoms with Gasteiger partial charge in [-0.25, -0.2) is 13.2 Å². The number of anilines is 1. The second-order valence-corrected chi connectivity index (χ2v) is 6.55. The van der Waals surface area contributed by atoms with Gasteiger partial charge < -0.3 is 10.1 Å². The van der Waals surface area contributed by atoms with Gasteiger partial charge in [0.05, 0.1) is 17.0 Å². The van der Waals surface area contributed by atoms with Gasteiger partial charge in [0.25, 0.3) is 5.91 Å². The van der Waals surface area contributed by atoms with E-state index in [2.05, 4.69) is 5.32 Å². The minimum Gasteiger partial charge on any atom is -0.452 e. The number of benzene rings is 1. The van der Waals surface area contributed by atoms with Crippen molar-refractivity contribution in [3.05, 3.63) is 29.8 Å². The summed E-state index contributed by atoms with van der Waals surface area (Å²) in [6.07, 6.45) is 0.563. The molecule has 1 heterocycles. The number of carbonyl (C=O) groups is 2. The van der Waals surface area contributed by atoms with Crippen LogP contribution in [0.15, 0.2) is 24.3 Å². The lowest BCUT2D eigenvalue weighted by Crippen LogP contribution is -2.26. The highest BCUT2D eigenvalue weighted by Gasteiger charge is 2.28. The van der Waals surface area contributed by atoms with Crippen LogP contribution in [0.3, 0.4) is 0 Å². The fraction of sp³-hybridized carbons (Fsp3) is 0.385. The SMILES string of the molecule is CNC(=O)COC(=O)c1cccc(N2CCCS2(=O)=O)c1. The first-order chi connectivity index (χ1) is 9.94. The van der Waals surface area contributed by atoms with E-state index in [1.54, 1.807) is 12.1 Å². The number of hydrogen-bond acceptors (Lipinski definition) is 5. The zero-order valence-electron chi connectivity index (χ0n) is 11.5. The molecule has 1 fully saturated rings. The molecule has 1 amide bonds. The summed E-state index contributed by atoms with van der Waals surface area (Å²) < 4.78 is 29.8. The Morgan fingerprint density at radius 1 is 1.38 bits per heavy atom. The highest BCUT2D eigenvalue weighted by Crippen LogP contribution is 2.24. The maximum atomic E-state index is 11.9. The minimum absolute atomic E-state index is 0.109. The summed E-state index contributed by atoms with van der Waals surface area (Å²) in [6.45, 7) is 0.0284. The number of esters is 1. The van der Waals surface area contributed by atoms with Gasteiger partial charge in [0, 0.05) is 13.6 Å². The van der Waals surface area contributed by atoms with Crippen molar-refractivity contribution in [2.24, 2.45) is 0 Å². The first-order valence-corrected chi connectivity index (χ1v) is 8.03. The average Bonchev–Trinajstić information content (AvgIpc) is 2.83. The maximum Gasteiger partial charge on any atom is 0.338 e. The molecule has 21 heavy (non-hydrogen) atoms. The molecule has 0 spiro atoms. The highest BCUT2D eigenvalue weighted by atomic mass is 32.2. The van der Waals surface area contributed by atoms with Crippen molar-refractivity contribution in [1.29, 1.82) is 0 Å². The standard InChI is InChI=1S/C13H16N2O5S/c1-14-12(16)9-20-13(17)10-4-2-5-11(8-10)15-6-3-7-21(15,18)19/h2,4-5,8H,3,6-7,9H2,1H3,(H,14,16). The Morgan fingerprint density at radius 2 is 2.14 bits per heavy atom. The third-order valence-corrected chi connectivity index (χ3v) is 4.95. The van der Waals surface area contributed by atoms with Gasteiger partial charge in [0.1, 0.15) is 0 Å². The maximum absolute atomic E-state index is 11.9. The van der Waals surface area contributed by atoms with Gasteiger partial charge >= 0.3 is 5.97 Å². The second-order valence-electron chi connectivity index (χ2n) is 4.54. The van der Waals surface area contributed by atoms with Crippen molar-refractivity contribution >= 4 is 27.6 Å². The second kappa shape index (κ2) is 6.13. The smallest absolute Gasteiger partial charge is 0.338 e. The van der Waals surface area contributed by atoms with Gasteiger partial charge in [-0.15, -0.1) is 0 Å². The fourth-order valence-corrected chi connectivity index (χ4v) is 3.56. The summed E-state index contributed by atoms with van der Waals surface area (Å²) in [5, 5.41) is 2.33. The van der Waals surface area contributed by atoms with Crippen LogP contribution in [-0.2, 0) is 19.6 Å². The van der Waals surface area contributed by atoms with E-state index in [0.717, 1.165) is 0 Å². The zero-order chi connectivity index (χ0) is 15.5. The summed E-state index contributed by atoms with van der Waals surface area (Å²) in [5.74, 6) is -0.975. The third-order valence-electron chi connectivity index (χ3n) is 3.08. The van der Waals surface area contributed by atoms with E-state index in [4.69, 9.17) is 4.74 Å². The minimum atomic E-state index is -3.30. The van der Waals surface area contributed by atoms with Crippen LogP contribution in [0.25, 0.3) is 0 Å². The number of ether oxygens (including phenoxy) is 1. The molecule has 0 atom stereocenters. The Kier molecular flexibility index (Phi) is 4.46. The number of rotatable bonds is 4. The van der Waals surface area contributed by atoms with E-state index >= 15 is 0 Å². The molecule has 1 aliphatic heterocycles. The van der Waals surface area contributed by atoms with Gasteiger partial charge in [-0.2, -0.15) is 0 Å². The third kappa shape index (κ3) is 3.52. The normalized spacial score (nSPS) is 16.5. The lowest BCUT2D eigenvalue weighted by Gasteiger charge is -2.17. The predicted octanol–water partition coefficient (Wildman–Crippen LogP) is 0.129. The molecule has 8 heteroatoms. The Hall–Kier alpha value is -2.09. The van der Waals surface area contributed by atoms with Crippen molar-refractivity contribution in [3.8, 4) is 0 Å². The zero-order valence-corrected chi connectivity index (χ0v) is 12.4. The number of nitrogens with zero attached hydrogens (tertiary/aromatic N) is 1. The van der Waals surface area contributed by atoms with Crippen molar-refractivity contribution < 1.29 is 22.7 Å².